The maximum atomic E-state index is 12.4. The smallest absolute Gasteiger partial charge is 0.342 e. The van der Waals surface area contributed by atoms with Gasteiger partial charge in [0.25, 0.3) is 5.91 Å². The molecule has 0 atom stereocenters. The van der Waals surface area contributed by atoms with Crippen molar-refractivity contribution >= 4 is 39.9 Å². The molecule has 3 aromatic carbocycles. The number of esters is 1. The standard InChI is InChI=1S/C21H18ClNO4/c1-13-9-16(22)7-8-18(13)23-20(24)12-27-21(25)17-10-14-5-3-4-6-15(14)11-19(17)26-2/h3-11H,12H2,1-2H3,(H,23,24). The number of carbonyl (C=O) groups excluding carboxylic acids is 2. The van der Waals surface area contributed by atoms with E-state index in [1.54, 1.807) is 30.3 Å². The van der Waals surface area contributed by atoms with Crippen LogP contribution in [0.4, 0.5) is 5.69 Å². The Labute approximate surface area is 161 Å². The lowest BCUT2D eigenvalue weighted by Crippen LogP contribution is -2.21. The summed E-state index contributed by atoms with van der Waals surface area (Å²) >= 11 is 5.90. The second-order valence-corrected chi connectivity index (χ2v) is 6.42. The molecule has 0 unspecified atom stereocenters. The minimum atomic E-state index is -0.624. The molecule has 138 valence electrons. The van der Waals surface area contributed by atoms with Crippen molar-refractivity contribution in [2.75, 3.05) is 19.0 Å². The monoisotopic (exact) mass is 383 g/mol. The molecular weight excluding hydrogens is 366 g/mol. The Kier molecular flexibility index (Phi) is 5.62. The topological polar surface area (TPSA) is 64.6 Å². The summed E-state index contributed by atoms with van der Waals surface area (Å²) in [6, 6.07) is 16.2. The van der Waals surface area contributed by atoms with Crippen LogP contribution in [-0.4, -0.2) is 25.6 Å². The van der Waals surface area contributed by atoms with Gasteiger partial charge in [0.1, 0.15) is 11.3 Å². The first-order valence-corrected chi connectivity index (χ1v) is 8.65. The average molecular weight is 384 g/mol. The number of amides is 1. The van der Waals surface area contributed by atoms with Crippen molar-refractivity contribution in [2.24, 2.45) is 0 Å². The zero-order valence-electron chi connectivity index (χ0n) is 14.9. The number of aryl methyl sites for hydroxylation is 1. The molecule has 0 aliphatic rings. The van der Waals surface area contributed by atoms with Gasteiger partial charge in [-0.25, -0.2) is 4.79 Å². The lowest BCUT2D eigenvalue weighted by atomic mass is 10.1. The number of benzene rings is 3. The molecule has 3 rings (SSSR count). The maximum absolute atomic E-state index is 12.4. The molecular formula is C21H18ClNO4. The summed E-state index contributed by atoms with van der Waals surface area (Å²) in [6.07, 6.45) is 0. The number of fused-ring (bicyclic) bond motifs is 1. The van der Waals surface area contributed by atoms with Crippen molar-refractivity contribution in [3.8, 4) is 5.75 Å². The zero-order valence-corrected chi connectivity index (χ0v) is 15.7. The lowest BCUT2D eigenvalue weighted by molar-refractivity contribution is -0.119. The summed E-state index contributed by atoms with van der Waals surface area (Å²) in [5, 5.41) is 5.11. The quantitative estimate of drug-likeness (QED) is 0.653. The van der Waals surface area contributed by atoms with Crippen LogP contribution in [0, 0.1) is 6.92 Å². The molecule has 0 aliphatic carbocycles. The zero-order chi connectivity index (χ0) is 19.4. The second-order valence-electron chi connectivity index (χ2n) is 5.98. The molecule has 0 saturated heterocycles. The molecule has 27 heavy (non-hydrogen) atoms. The Morgan fingerprint density at radius 3 is 2.41 bits per heavy atom. The number of ether oxygens (including phenoxy) is 2. The molecule has 0 saturated carbocycles. The van der Waals surface area contributed by atoms with Gasteiger partial charge in [0, 0.05) is 10.7 Å². The predicted octanol–water partition coefficient (Wildman–Crippen LogP) is 4.61. The number of rotatable bonds is 5. The number of carbonyl (C=O) groups is 2. The van der Waals surface area contributed by atoms with Crippen molar-refractivity contribution in [1.82, 2.24) is 0 Å². The molecule has 0 heterocycles. The summed E-state index contributed by atoms with van der Waals surface area (Å²) in [7, 11) is 1.48. The minimum Gasteiger partial charge on any atom is -0.496 e. The van der Waals surface area contributed by atoms with E-state index in [9.17, 15) is 9.59 Å². The van der Waals surface area contributed by atoms with Gasteiger partial charge in [-0.3, -0.25) is 4.79 Å². The average Bonchev–Trinajstić information content (AvgIpc) is 2.67. The molecule has 1 amide bonds. The van der Waals surface area contributed by atoms with E-state index in [-0.39, 0.29) is 5.56 Å². The van der Waals surface area contributed by atoms with Gasteiger partial charge < -0.3 is 14.8 Å². The third-order valence-electron chi connectivity index (χ3n) is 4.08. The Morgan fingerprint density at radius 2 is 1.74 bits per heavy atom. The summed E-state index contributed by atoms with van der Waals surface area (Å²) in [6.45, 7) is 1.42. The molecule has 1 N–H and O–H groups in total. The van der Waals surface area contributed by atoms with Crippen molar-refractivity contribution in [3.63, 3.8) is 0 Å². The van der Waals surface area contributed by atoms with Crippen LogP contribution in [0.5, 0.6) is 5.75 Å². The molecule has 0 spiro atoms. The van der Waals surface area contributed by atoms with Crippen LogP contribution < -0.4 is 10.1 Å². The van der Waals surface area contributed by atoms with Crippen LogP contribution in [0.1, 0.15) is 15.9 Å². The van der Waals surface area contributed by atoms with E-state index in [0.717, 1.165) is 16.3 Å². The number of halogens is 1. The van der Waals surface area contributed by atoms with Crippen LogP contribution >= 0.6 is 11.6 Å². The molecule has 3 aromatic rings. The van der Waals surface area contributed by atoms with Gasteiger partial charge in [-0.2, -0.15) is 0 Å². The highest BCUT2D eigenvalue weighted by Crippen LogP contribution is 2.26. The van der Waals surface area contributed by atoms with Crippen molar-refractivity contribution in [3.05, 3.63) is 70.7 Å². The van der Waals surface area contributed by atoms with Crippen LogP contribution in [-0.2, 0) is 9.53 Å². The Hall–Kier alpha value is -3.05. The number of anilines is 1. The number of nitrogens with one attached hydrogen (secondary N) is 1. The fourth-order valence-corrected chi connectivity index (χ4v) is 2.94. The summed E-state index contributed by atoms with van der Waals surface area (Å²) < 4.78 is 10.5. The summed E-state index contributed by atoms with van der Waals surface area (Å²) in [5.41, 5.74) is 1.70. The molecule has 0 bridgehead atoms. The maximum Gasteiger partial charge on any atom is 0.342 e. The third kappa shape index (κ3) is 4.38. The predicted molar refractivity (Wildman–Crippen MR) is 106 cm³/mol. The largest absolute Gasteiger partial charge is 0.496 e. The fraction of sp³-hybridized carbons (Fsp3) is 0.143. The van der Waals surface area contributed by atoms with Gasteiger partial charge in [-0.15, -0.1) is 0 Å². The first-order valence-electron chi connectivity index (χ1n) is 8.28. The second kappa shape index (κ2) is 8.10. The van der Waals surface area contributed by atoms with Gasteiger partial charge in [0.05, 0.1) is 7.11 Å². The van der Waals surface area contributed by atoms with Gasteiger partial charge >= 0.3 is 5.97 Å². The van der Waals surface area contributed by atoms with Crippen LogP contribution in [0.15, 0.2) is 54.6 Å². The Morgan fingerprint density at radius 1 is 1.04 bits per heavy atom. The first kappa shape index (κ1) is 18.7. The van der Waals surface area contributed by atoms with Crippen molar-refractivity contribution in [1.29, 1.82) is 0 Å². The van der Waals surface area contributed by atoms with E-state index in [4.69, 9.17) is 21.1 Å². The first-order chi connectivity index (χ1) is 13.0. The van der Waals surface area contributed by atoms with Gasteiger partial charge in [-0.05, 0) is 53.6 Å². The van der Waals surface area contributed by atoms with Crippen LogP contribution in [0.25, 0.3) is 10.8 Å². The Balaban J connectivity index is 1.70. The number of methoxy groups -OCH3 is 1. The molecule has 6 heteroatoms. The van der Waals surface area contributed by atoms with E-state index in [1.807, 2.05) is 31.2 Å². The molecule has 0 aliphatic heterocycles. The van der Waals surface area contributed by atoms with Gasteiger partial charge in [-0.1, -0.05) is 35.9 Å². The highest BCUT2D eigenvalue weighted by Gasteiger charge is 2.17. The minimum absolute atomic E-state index is 0.270. The van der Waals surface area contributed by atoms with E-state index in [2.05, 4.69) is 5.32 Å². The van der Waals surface area contributed by atoms with E-state index < -0.39 is 18.5 Å². The summed E-state index contributed by atoms with van der Waals surface area (Å²) in [5.74, 6) is -0.665. The summed E-state index contributed by atoms with van der Waals surface area (Å²) in [4.78, 5) is 24.5. The highest BCUT2D eigenvalue weighted by atomic mass is 35.5. The fourth-order valence-electron chi connectivity index (χ4n) is 2.71. The lowest BCUT2D eigenvalue weighted by Gasteiger charge is -2.11. The van der Waals surface area contributed by atoms with Gasteiger partial charge in [0.2, 0.25) is 0 Å². The number of hydrogen-bond donors (Lipinski definition) is 1. The third-order valence-corrected chi connectivity index (χ3v) is 4.32. The van der Waals surface area contributed by atoms with E-state index in [0.29, 0.717) is 16.5 Å². The Bertz CT molecular complexity index is 1020. The molecule has 5 nitrogen and oxygen atoms in total. The van der Waals surface area contributed by atoms with Crippen molar-refractivity contribution < 1.29 is 19.1 Å². The van der Waals surface area contributed by atoms with Gasteiger partial charge in [0.15, 0.2) is 6.61 Å². The van der Waals surface area contributed by atoms with E-state index in [1.165, 1.54) is 7.11 Å². The normalized spacial score (nSPS) is 10.5. The number of hydrogen-bond acceptors (Lipinski definition) is 4. The molecule has 0 radical (unpaired) electrons. The van der Waals surface area contributed by atoms with E-state index >= 15 is 0 Å². The van der Waals surface area contributed by atoms with Crippen LogP contribution in [0.3, 0.4) is 0 Å². The van der Waals surface area contributed by atoms with Crippen molar-refractivity contribution in [2.45, 2.75) is 6.92 Å². The molecule has 0 aromatic heterocycles. The molecule has 0 fully saturated rings. The highest BCUT2D eigenvalue weighted by molar-refractivity contribution is 6.30. The SMILES string of the molecule is COc1cc2ccccc2cc1C(=O)OCC(=O)Nc1ccc(Cl)cc1C. The van der Waals surface area contributed by atoms with Crippen LogP contribution in [0.2, 0.25) is 5.02 Å².